The number of piperazine rings is 1. The summed E-state index contributed by atoms with van der Waals surface area (Å²) in [5.74, 6) is -0.671. The molecule has 2 heterocycles. The van der Waals surface area contributed by atoms with E-state index in [4.69, 9.17) is 0 Å². The smallest absolute Gasteiger partial charge is 0.214 e. The van der Waals surface area contributed by atoms with Crippen molar-refractivity contribution < 1.29 is 8.78 Å². The van der Waals surface area contributed by atoms with Crippen molar-refractivity contribution in [3.8, 4) is 0 Å². The monoisotopic (exact) mass is 275 g/mol. The zero-order valence-electron chi connectivity index (χ0n) is 11.0. The van der Waals surface area contributed by atoms with Crippen LogP contribution >= 0.6 is 0 Å². The van der Waals surface area contributed by atoms with Gasteiger partial charge in [0, 0.05) is 44.1 Å². The molecule has 3 rings (SSSR count). The maximum absolute atomic E-state index is 13.7. The molecule has 0 unspecified atom stereocenters. The number of hydrogen-bond donors (Lipinski definition) is 0. The molecule has 2 aromatic rings. The number of rotatable bonds is 2. The van der Waals surface area contributed by atoms with Crippen molar-refractivity contribution in [3.63, 3.8) is 0 Å². The Hall–Kier alpha value is -2.17. The second-order valence-corrected chi connectivity index (χ2v) is 4.76. The summed E-state index contributed by atoms with van der Waals surface area (Å²) < 4.78 is 26.9. The van der Waals surface area contributed by atoms with E-state index in [0.29, 0.717) is 18.8 Å². The van der Waals surface area contributed by atoms with Crippen molar-refractivity contribution in [2.45, 2.75) is 0 Å². The molecular formula is C15H15F2N3. The Morgan fingerprint density at radius 2 is 1.60 bits per heavy atom. The predicted molar refractivity (Wildman–Crippen MR) is 75.0 cm³/mol. The van der Waals surface area contributed by atoms with Gasteiger partial charge in [-0.05, 0) is 18.2 Å². The topological polar surface area (TPSA) is 19.4 Å². The van der Waals surface area contributed by atoms with E-state index in [2.05, 4.69) is 9.88 Å². The highest BCUT2D eigenvalue weighted by atomic mass is 19.1. The van der Waals surface area contributed by atoms with Crippen LogP contribution < -0.4 is 9.80 Å². The van der Waals surface area contributed by atoms with Gasteiger partial charge < -0.3 is 9.80 Å². The zero-order chi connectivity index (χ0) is 13.9. The highest BCUT2D eigenvalue weighted by molar-refractivity contribution is 5.51. The lowest BCUT2D eigenvalue weighted by Gasteiger charge is -2.37. The van der Waals surface area contributed by atoms with Crippen LogP contribution in [0.1, 0.15) is 0 Å². The van der Waals surface area contributed by atoms with Crippen LogP contribution in [0.25, 0.3) is 0 Å². The summed E-state index contributed by atoms with van der Waals surface area (Å²) in [6.07, 6.45) is 1.47. The quantitative estimate of drug-likeness (QED) is 0.786. The summed E-state index contributed by atoms with van der Waals surface area (Å²) in [5, 5.41) is 0. The fourth-order valence-corrected chi connectivity index (χ4v) is 2.50. The van der Waals surface area contributed by atoms with Crippen LogP contribution in [-0.2, 0) is 0 Å². The number of pyridine rings is 1. The number of hydrogen-bond acceptors (Lipinski definition) is 3. The Kier molecular flexibility index (Phi) is 3.50. The highest BCUT2D eigenvalue weighted by Crippen LogP contribution is 2.22. The Bertz CT molecular complexity index is 595. The lowest BCUT2D eigenvalue weighted by Crippen LogP contribution is -2.46. The number of benzene rings is 1. The molecule has 0 saturated carbocycles. The fourth-order valence-electron chi connectivity index (χ4n) is 2.50. The number of halogens is 2. The highest BCUT2D eigenvalue weighted by Gasteiger charge is 2.19. The van der Waals surface area contributed by atoms with Gasteiger partial charge in [0.1, 0.15) is 5.82 Å². The molecule has 0 bridgehead atoms. The lowest BCUT2D eigenvalue weighted by atomic mass is 10.2. The molecule has 5 heteroatoms. The molecule has 1 aromatic heterocycles. The summed E-state index contributed by atoms with van der Waals surface area (Å²) in [5.41, 5.74) is 1.46. The van der Waals surface area contributed by atoms with Gasteiger partial charge >= 0.3 is 0 Å². The second kappa shape index (κ2) is 5.45. The predicted octanol–water partition coefficient (Wildman–Crippen LogP) is 2.69. The second-order valence-electron chi connectivity index (χ2n) is 4.76. The van der Waals surface area contributed by atoms with E-state index in [1.807, 2.05) is 11.0 Å². The van der Waals surface area contributed by atoms with Gasteiger partial charge in [-0.1, -0.05) is 12.1 Å². The van der Waals surface area contributed by atoms with Crippen molar-refractivity contribution in [1.82, 2.24) is 4.98 Å². The molecule has 0 radical (unpaired) electrons. The molecule has 104 valence electrons. The number of nitrogens with zero attached hydrogens (tertiary/aromatic N) is 3. The van der Waals surface area contributed by atoms with Crippen LogP contribution in [0.2, 0.25) is 0 Å². The van der Waals surface area contributed by atoms with Gasteiger partial charge in [-0.15, -0.1) is 0 Å². The molecule has 0 spiro atoms. The standard InChI is InChI=1S/C15H15F2N3/c16-13-3-1-2-4-14(13)20-9-7-19(8-10-20)12-5-6-18-15(17)11-12/h1-6,11H,7-10H2. The SMILES string of the molecule is Fc1cc(N2CCN(c3ccccc3F)CC2)ccn1. The van der Waals surface area contributed by atoms with Crippen LogP contribution in [0.15, 0.2) is 42.6 Å². The van der Waals surface area contributed by atoms with E-state index in [9.17, 15) is 8.78 Å². The van der Waals surface area contributed by atoms with Gasteiger partial charge in [0.25, 0.3) is 0 Å². The Labute approximate surface area is 116 Å². The summed E-state index contributed by atoms with van der Waals surface area (Å²) in [6, 6.07) is 10.0. The molecular weight excluding hydrogens is 260 g/mol. The van der Waals surface area contributed by atoms with E-state index in [1.165, 1.54) is 18.3 Å². The van der Waals surface area contributed by atoms with Crippen molar-refractivity contribution in [1.29, 1.82) is 0 Å². The number of para-hydroxylation sites is 1. The first-order valence-corrected chi connectivity index (χ1v) is 6.60. The van der Waals surface area contributed by atoms with Gasteiger partial charge in [-0.3, -0.25) is 0 Å². The molecule has 1 fully saturated rings. The van der Waals surface area contributed by atoms with Gasteiger partial charge in [0.05, 0.1) is 5.69 Å². The molecule has 1 aliphatic rings. The van der Waals surface area contributed by atoms with Gasteiger partial charge in [0.15, 0.2) is 0 Å². The van der Waals surface area contributed by atoms with E-state index in [0.717, 1.165) is 18.8 Å². The van der Waals surface area contributed by atoms with E-state index in [-0.39, 0.29) is 5.82 Å². The molecule has 1 saturated heterocycles. The van der Waals surface area contributed by atoms with Gasteiger partial charge in [-0.25, -0.2) is 9.37 Å². The van der Waals surface area contributed by atoms with E-state index in [1.54, 1.807) is 18.2 Å². The third kappa shape index (κ3) is 2.57. The first-order chi connectivity index (χ1) is 9.74. The van der Waals surface area contributed by atoms with Crippen LogP contribution in [0.5, 0.6) is 0 Å². The zero-order valence-corrected chi connectivity index (χ0v) is 11.0. The van der Waals surface area contributed by atoms with Gasteiger partial charge in [0.2, 0.25) is 5.95 Å². The maximum atomic E-state index is 13.7. The van der Waals surface area contributed by atoms with Crippen molar-refractivity contribution >= 4 is 11.4 Å². The molecule has 0 amide bonds. The summed E-state index contributed by atoms with van der Waals surface area (Å²) in [4.78, 5) is 7.66. The van der Waals surface area contributed by atoms with Gasteiger partial charge in [-0.2, -0.15) is 4.39 Å². The molecule has 0 N–H and O–H groups in total. The van der Waals surface area contributed by atoms with E-state index >= 15 is 0 Å². The lowest BCUT2D eigenvalue weighted by molar-refractivity contribution is 0.578. The largest absolute Gasteiger partial charge is 0.368 e. The van der Waals surface area contributed by atoms with Crippen LogP contribution in [-0.4, -0.2) is 31.2 Å². The maximum Gasteiger partial charge on any atom is 0.214 e. The van der Waals surface area contributed by atoms with Crippen molar-refractivity contribution in [2.75, 3.05) is 36.0 Å². The number of anilines is 2. The Balaban J connectivity index is 1.70. The summed E-state index contributed by atoms with van der Waals surface area (Å²) in [7, 11) is 0. The molecule has 1 aromatic carbocycles. The minimum Gasteiger partial charge on any atom is -0.368 e. The minimum atomic E-state index is -0.473. The molecule has 0 aliphatic carbocycles. The fraction of sp³-hybridized carbons (Fsp3) is 0.267. The molecule has 20 heavy (non-hydrogen) atoms. The molecule has 3 nitrogen and oxygen atoms in total. The first-order valence-electron chi connectivity index (χ1n) is 6.60. The third-order valence-corrected chi connectivity index (χ3v) is 3.55. The minimum absolute atomic E-state index is 0.198. The average molecular weight is 275 g/mol. The number of aromatic nitrogens is 1. The Morgan fingerprint density at radius 1 is 0.900 bits per heavy atom. The average Bonchev–Trinajstić information content (AvgIpc) is 2.48. The third-order valence-electron chi connectivity index (χ3n) is 3.55. The first kappa shape index (κ1) is 12.8. The molecule has 0 atom stereocenters. The van der Waals surface area contributed by atoms with Crippen LogP contribution in [0.3, 0.4) is 0 Å². The summed E-state index contributed by atoms with van der Waals surface area (Å²) >= 11 is 0. The Morgan fingerprint density at radius 3 is 2.30 bits per heavy atom. The van der Waals surface area contributed by atoms with Crippen molar-refractivity contribution in [3.05, 3.63) is 54.4 Å². The van der Waals surface area contributed by atoms with Crippen LogP contribution in [0, 0.1) is 11.8 Å². The molecule has 1 aliphatic heterocycles. The van der Waals surface area contributed by atoms with E-state index < -0.39 is 5.95 Å². The van der Waals surface area contributed by atoms with Crippen LogP contribution in [0.4, 0.5) is 20.2 Å². The van der Waals surface area contributed by atoms with Crippen molar-refractivity contribution in [2.24, 2.45) is 0 Å². The summed E-state index contributed by atoms with van der Waals surface area (Å²) in [6.45, 7) is 2.89. The normalized spacial score (nSPS) is 15.5.